The van der Waals surface area contributed by atoms with E-state index in [4.69, 9.17) is 11.6 Å². The summed E-state index contributed by atoms with van der Waals surface area (Å²) in [6.45, 7) is 0.915. The van der Waals surface area contributed by atoms with Gasteiger partial charge in [0.15, 0.2) is 0 Å². The molecule has 0 spiro atoms. The molecule has 3 aromatic rings. The average Bonchev–Trinajstić information content (AvgIpc) is 3.07. The highest BCUT2D eigenvalue weighted by Gasteiger charge is 2.36. The van der Waals surface area contributed by atoms with Gasteiger partial charge in [-0.1, -0.05) is 72.3 Å². The fourth-order valence-electron chi connectivity index (χ4n) is 3.67. The summed E-state index contributed by atoms with van der Waals surface area (Å²) in [7, 11) is 0. The quantitative estimate of drug-likeness (QED) is 0.662. The third-order valence-electron chi connectivity index (χ3n) is 5.15. The van der Waals surface area contributed by atoms with Gasteiger partial charge in [0.05, 0.1) is 0 Å². The lowest BCUT2D eigenvalue weighted by Gasteiger charge is -2.27. The molecule has 0 saturated heterocycles. The van der Waals surface area contributed by atoms with Gasteiger partial charge in [-0.05, 0) is 41.3 Å². The number of nitrogens with one attached hydrogen (secondary N) is 1. The standard InChI is InChI=1S/C24H21ClN2O2/c25-20-12-10-17(11-13-20)14-15-26-23(28)22(18-6-2-1-3-7-18)27-16-19-8-4-5-9-21(19)24(27)29/h1-13,22H,14-16H2,(H,26,28)/t22-/m1/s1. The Morgan fingerprint density at radius 3 is 2.38 bits per heavy atom. The number of amides is 2. The van der Waals surface area contributed by atoms with Gasteiger partial charge in [-0.15, -0.1) is 0 Å². The van der Waals surface area contributed by atoms with Crippen molar-refractivity contribution in [3.8, 4) is 0 Å². The molecule has 3 aromatic carbocycles. The lowest BCUT2D eigenvalue weighted by atomic mass is 10.0. The third kappa shape index (κ3) is 4.17. The Balaban J connectivity index is 1.51. The highest BCUT2D eigenvalue weighted by Crippen LogP contribution is 2.31. The van der Waals surface area contributed by atoms with E-state index in [1.165, 1.54) is 0 Å². The molecular formula is C24H21ClN2O2. The van der Waals surface area contributed by atoms with Crippen LogP contribution in [-0.2, 0) is 17.8 Å². The maximum atomic E-state index is 13.1. The lowest BCUT2D eigenvalue weighted by molar-refractivity contribution is -0.125. The van der Waals surface area contributed by atoms with Crippen LogP contribution < -0.4 is 5.32 Å². The van der Waals surface area contributed by atoms with Gasteiger partial charge >= 0.3 is 0 Å². The van der Waals surface area contributed by atoms with E-state index in [0.717, 1.165) is 16.7 Å². The van der Waals surface area contributed by atoms with Gasteiger partial charge in [0.2, 0.25) is 5.91 Å². The molecule has 4 nitrogen and oxygen atoms in total. The van der Waals surface area contributed by atoms with Crippen molar-refractivity contribution in [1.29, 1.82) is 0 Å². The molecule has 0 unspecified atom stereocenters. The van der Waals surface area contributed by atoms with Crippen molar-refractivity contribution in [2.45, 2.75) is 19.0 Å². The van der Waals surface area contributed by atoms with Gasteiger partial charge in [0, 0.05) is 23.7 Å². The lowest BCUT2D eigenvalue weighted by Crippen LogP contribution is -2.41. The topological polar surface area (TPSA) is 49.4 Å². The normalized spacial score (nSPS) is 13.8. The molecule has 1 aliphatic heterocycles. The molecule has 1 N–H and O–H groups in total. The molecule has 0 radical (unpaired) electrons. The zero-order valence-corrected chi connectivity index (χ0v) is 16.6. The first-order chi connectivity index (χ1) is 14.1. The van der Waals surface area contributed by atoms with Crippen molar-refractivity contribution in [3.05, 3.63) is 106 Å². The van der Waals surface area contributed by atoms with Crippen LogP contribution in [0.5, 0.6) is 0 Å². The van der Waals surface area contributed by atoms with E-state index in [-0.39, 0.29) is 11.8 Å². The SMILES string of the molecule is O=C(NCCc1ccc(Cl)cc1)[C@@H](c1ccccc1)N1Cc2ccccc2C1=O. The van der Waals surface area contributed by atoms with Crippen LogP contribution in [0, 0.1) is 0 Å². The van der Waals surface area contributed by atoms with E-state index >= 15 is 0 Å². The number of nitrogens with zero attached hydrogens (tertiary/aromatic N) is 1. The van der Waals surface area contributed by atoms with Gasteiger partial charge in [-0.2, -0.15) is 0 Å². The molecule has 0 saturated carbocycles. The van der Waals surface area contributed by atoms with Crippen LogP contribution in [0.4, 0.5) is 0 Å². The van der Waals surface area contributed by atoms with E-state index in [9.17, 15) is 9.59 Å². The molecule has 1 aliphatic rings. The predicted octanol–water partition coefficient (Wildman–Crippen LogP) is 4.40. The van der Waals surface area contributed by atoms with Gasteiger partial charge < -0.3 is 10.2 Å². The fraction of sp³-hybridized carbons (Fsp3) is 0.167. The van der Waals surface area contributed by atoms with Crippen molar-refractivity contribution in [2.75, 3.05) is 6.54 Å². The Kier molecular flexibility index (Phi) is 5.63. The molecule has 146 valence electrons. The van der Waals surface area contributed by atoms with E-state index < -0.39 is 6.04 Å². The molecule has 5 heteroatoms. The zero-order chi connectivity index (χ0) is 20.2. The number of rotatable bonds is 6. The maximum absolute atomic E-state index is 13.1. The molecule has 2 amide bonds. The molecule has 0 aromatic heterocycles. The predicted molar refractivity (Wildman–Crippen MR) is 114 cm³/mol. The Hall–Kier alpha value is -3.11. The minimum absolute atomic E-state index is 0.109. The second-order valence-corrected chi connectivity index (χ2v) is 7.51. The van der Waals surface area contributed by atoms with E-state index in [1.54, 1.807) is 4.90 Å². The van der Waals surface area contributed by atoms with Crippen LogP contribution in [-0.4, -0.2) is 23.3 Å². The summed E-state index contributed by atoms with van der Waals surface area (Å²) in [4.78, 5) is 27.8. The highest BCUT2D eigenvalue weighted by molar-refractivity contribution is 6.30. The Morgan fingerprint density at radius 1 is 0.966 bits per heavy atom. The van der Waals surface area contributed by atoms with E-state index in [2.05, 4.69) is 5.32 Å². The molecule has 1 heterocycles. The number of benzene rings is 3. The van der Waals surface area contributed by atoms with E-state index in [1.807, 2.05) is 78.9 Å². The van der Waals surface area contributed by atoms with Crippen LogP contribution >= 0.6 is 11.6 Å². The molecule has 29 heavy (non-hydrogen) atoms. The Morgan fingerprint density at radius 2 is 1.66 bits per heavy atom. The number of carbonyl (C=O) groups is 2. The number of hydrogen-bond acceptors (Lipinski definition) is 2. The van der Waals surface area contributed by atoms with E-state index in [0.29, 0.717) is 30.1 Å². The third-order valence-corrected chi connectivity index (χ3v) is 5.40. The average molecular weight is 405 g/mol. The Labute approximate surface area is 175 Å². The summed E-state index contributed by atoms with van der Waals surface area (Å²) < 4.78 is 0. The van der Waals surface area contributed by atoms with Crippen molar-refractivity contribution >= 4 is 23.4 Å². The van der Waals surface area contributed by atoms with Crippen molar-refractivity contribution < 1.29 is 9.59 Å². The molecule has 1 atom stereocenters. The number of hydrogen-bond donors (Lipinski definition) is 1. The Bertz CT molecular complexity index is 1020. The first-order valence-corrected chi connectivity index (χ1v) is 9.97. The smallest absolute Gasteiger partial charge is 0.255 e. The first kappa shape index (κ1) is 19.2. The van der Waals surface area contributed by atoms with Gasteiger partial charge in [-0.25, -0.2) is 0 Å². The highest BCUT2D eigenvalue weighted by atomic mass is 35.5. The van der Waals surface area contributed by atoms with Crippen LogP contribution in [0.2, 0.25) is 5.02 Å². The largest absolute Gasteiger partial charge is 0.354 e. The molecule has 0 bridgehead atoms. The van der Waals surface area contributed by atoms with Crippen LogP contribution in [0.3, 0.4) is 0 Å². The summed E-state index contributed by atoms with van der Waals surface area (Å²) in [6, 6.07) is 23.9. The molecular weight excluding hydrogens is 384 g/mol. The fourth-order valence-corrected chi connectivity index (χ4v) is 3.80. The summed E-state index contributed by atoms with van der Waals surface area (Å²) in [5.74, 6) is -0.284. The maximum Gasteiger partial charge on any atom is 0.255 e. The first-order valence-electron chi connectivity index (χ1n) is 9.59. The summed E-state index contributed by atoms with van der Waals surface area (Å²) in [5, 5.41) is 3.69. The number of fused-ring (bicyclic) bond motifs is 1. The second kappa shape index (κ2) is 8.50. The van der Waals surface area contributed by atoms with Gasteiger partial charge in [0.1, 0.15) is 6.04 Å². The zero-order valence-electron chi connectivity index (χ0n) is 15.8. The van der Waals surface area contributed by atoms with Crippen molar-refractivity contribution in [1.82, 2.24) is 10.2 Å². The molecule has 4 rings (SSSR count). The molecule has 0 fully saturated rings. The summed E-state index contributed by atoms with van der Waals surface area (Å²) >= 11 is 5.92. The number of halogens is 1. The summed E-state index contributed by atoms with van der Waals surface area (Å²) in [6.07, 6.45) is 0.693. The van der Waals surface area contributed by atoms with Crippen LogP contribution in [0.15, 0.2) is 78.9 Å². The van der Waals surface area contributed by atoms with Gasteiger partial charge in [-0.3, -0.25) is 9.59 Å². The van der Waals surface area contributed by atoms with Crippen LogP contribution in [0.25, 0.3) is 0 Å². The molecule has 0 aliphatic carbocycles. The van der Waals surface area contributed by atoms with Gasteiger partial charge in [0.25, 0.3) is 5.91 Å². The van der Waals surface area contributed by atoms with Crippen molar-refractivity contribution in [3.63, 3.8) is 0 Å². The second-order valence-electron chi connectivity index (χ2n) is 7.07. The van der Waals surface area contributed by atoms with Crippen LogP contribution in [0.1, 0.15) is 33.1 Å². The minimum Gasteiger partial charge on any atom is -0.354 e. The monoisotopic (exact) mass is 404 g/mol. The summed E-state index contributed by atoms with van der Waals surface area (Å²) in [5.41, 5.74) is 3.52. The van der Waals surface area contributed by atoms with Crippen molar-refractivity contribution in [2.24, 2.45) is 0 Å². The number of carbonyl (C=O) groups excluding carboxylic acids is 2. The minimum atomic E-state index is -0.665.